The first-order valence-electron chi connectivity index (χ1n) is 9.85. The number of ether oxygens (including phenoxy) is 2. The summed E-state index contributed by atoms with van der Waals surface area (Å²) >= 11 is 0. The minimum atomic E-state index is -4.47. The third-order valence-corrected chi connectivity index (χ3v) is 5.20. The summed E-state index contributed by atoms with van der Waals surface area (Å²) in [7, 11) is 0. The molecule has 2 unspecified atom stereocenters. The van der Waals surface area contributed by atoms with Crippen LogP contribution in [0.3, 0.4) is 0 Å². The second-order valence-corrected chi connectivity index (χ2v) is 7.38. The van der Waals surface area contributed by atoms with Crippen molar-refractivity contribution in [2.24, 2.45) is 0 Å². The molecule has 2 atom stereocenters. The third-order valence-electron chi connectivity index (χ3n) is 5.20. The molecule has 0 aliphatic carbocycles. The summed E-state index contributed by atoms with van der Waals surface area (Å²) in [6, 6.07) is 3.50. The second-order valence-electron chi connectivity index (χ2n) is 7.38. The molecule has 0 radical (unpaired) electrons. The first-order valence-corrected chi connectivity index (χ1v) is 9.85. The molecule has 156 valence electrons. The van der Waals surface area contributed by atoms with Gasteiger partial charge in [-0.1, -0.05) is 0 Å². The normalized spacial score (nSPS) is 21.6. The van der Waals surface area contributed by atoms with Gasteiger partial charge in [0.05, 0.1) is 29.6 Å². The van der Waals surface area contributed by atoms with Crippen molar-refractivity contribution in [3.05, 3.63) is 23.8 Å². The van der Waals surface area contributed by atoms with Gasteiger partial charge in [-0.25, -0.2) is 0 Å². The molecule has 1 aromatic rings. The van der Waals surface area contributed by atoms with Gasteiger partial charge in [-0.15, -0.1) is 0 Å². The predicted molar refractivity (Wildman–Crippen MR) is 101 cm³/mol. The number of alkyl halides is 3. The van der Waals surface area contributed by atoms with Crippen molar-refractivity contribution in [2.75, 3.05) is 36.5 Å². The summed E-state index contributed by atoms with van der Waals surface area (Å²) in [5.41, 5.74) is 0.00248. The van der Waals surface area contributed by atoms with Crippen molar-refractivity contribution in [2.45, 2.75) is 57.4 Å². The maximum absolute atomic E-state index is 13.1. The van der Waals surface area contributed by atoms with E-state index < -0.39 is 23.8 Å². The first kappa shape index (κ1) is 20.9. The van der Waals surface area contributed by atoms with Gasteiger partial charge in [-0.05, 0) is 57.2 Å². The number of benzene rings is 1. The average molecular weight is 400 g/mol. The number of nitrogens with one attached hydrogen (secondary N) is 1. The van der Waals surface area contributed by atoms with Crippen molar-refractivity contribution in [3.63, 3.8) is 0 Å². The zero-order valence-electron chi connectivity index (χ0n) is 16.1. The predicted octanol–water partition coefficient (Wildman–Crippen LogP) is 4.22. The molecule has 0 bridgehead atoms. The summed E-state index contributed by atoms with van der Waals surface area (Å²) in [5, 5.41) is 2.64. The molecular formula is C20H27F3N2O3. The lowest BCUT2D eigenvalue weighted by Crippen LogP contribution is -2.33. The standard InChI is InChI=1S/C20H27F3N2O3/c1-14(28-13-16-6-2-5-11-27-16)19(26)24-17-12-15(20(21,22)23)7-8-18(17)25-9-3-4-10-25/h7-8,12,14,16H,2-6,9-11,13H2,1H3,(H,24,26). The Morgan fingerprint density at radius 3 is 2.68 bits per heavy atom. The molecule has 5 nitrogen and oxygen atoms in total. The van der Waals surface area contributed by atoms with Gasteiger partial charge in [0.25, 0.3) is 5.91 Å². The van der Waals surface area contributed by atoms with E-state index in [1.807, 2.05) is 4.90 Å². The number of carbonyl (C=O) groups excluding carboxylic acids is 1. The minimum Gasteiger partial charge on any atom is -0.376 e. The number of rotatable bonds is 6. The van der Waals surface area contributed by atoms with Crippen LogP contribution in [0.5, 0.6) is 0 Å². The number of hydrogen-bond acceptors (Lipinski definition) is 4. The highest BCUT2D eigenvalue weighted by Crippen LogP contribution is 2.36. The highest BCUT2D eigenvalue weighted by molar-refractivity contribution is 5.97. The Morgan fingerprint density at radius 1 is 1.29 bits per heavy atom. The van der Waals surface area contributed by atoms with E-state index in [2.05, 4.69) is 5.32 Å². The highest BCUT2D eigenvalue weighted by Gasteiger charge is 2.32. The fourth-order valence-electron chi connectivity index (χ4n) is 3.55. The van der Waals surface area contributed by atoms with Crippen molar-refractivity contribution in [1.82, 2.24) is 0 Å². The number of anilines is 2. The fourth-order valence-corrected chi connectivity index (χ4v) is 3.55. The van der Waals surface area contributed by atoms with Crippen LogP contribution >= 0.6 is 0 Å². The number of amides is 1. The summed E-state index contributed by atoms with van der Waals surface area (Å²) in [4.78, 5) is 14.5. The molecule has 2 aliphatic rings. The minimum absolute atomic E-state index is 0.0299. The van der Waals surface area contributed by atoms with E-state index in [-0.39, 0.29) is 11.8 Å². The molecule has 28 heavy (non-hydrogen) atoms. The Labute approximate surface area is 163 Å². The number of nitrogens with zero attached hydrogens (tertiary/aromatic N) is 1. The van der Waals surface area contributed by atoms with Crippen molar-refractivity contribution < 1.29 is 27.4 Å². The van der Waals surface area contributed by atoms with Gasteiger partial charge < -0.3 is 19.7 Å². The van der Waals surface area contributed by atoms with Crippen LogP contribution in [0.15, 0.2) is 18.2 Å². The molecule has 0 aromatic heterocycles. The van der Waals surface area contributed by atoms with Crippen LogP contribution in [0.1, 0.15) is 44.6 Å². The van der Waals surface area contributed by atoms with Crippen LogP contribution in [0.4, 0.5) is 24.5 Å². The molecule has 2 aliphatic heterocycles. The summed E-state index contributed by atoms with van der Waals surface area (Å²) in [6.45, 7) is 4.12. The second kappa shape index (κ2) is 9.13. The largest absolute Gasteiger partial charge is 0.416 e. The summed E-state index contributed by atoms with van der Waals surface area (Å²) in [5.74, 6) is -0.462. The summed E-state index contributed by atoms with van der Waals surface area (Å²) in [6.07, 6.45) is -0.335. The molecular weight excluding hydrogens is 373 g/mol. The Hall–Kier alpha value is -1.80. The van der Waals surface area contributed by atoms with Crippen molar-refractivity contribution in [1.29, 1.82) is 0 Å². The summed E-state index contributed by atoms with van der Waals surface area (Å²) < 4.78 is 50.6. The molecule has 3 rings (SSSR count). The van der Waals surface area contributed by atoms with Crippen LogP contribution in [-0.4, -0.2) is 44.4 Å². The molecule has 1 aromatic carbocycles. The quantitative estimate of drug-likeness (QED) is 0.777. The number of carbonyl (C=O) groups is 1. The SMILES string of the molecule is CC(OCC1CCCCO1)C(=O)Nc1cc(C(F)(F)F)ccc1N1CCCC1. The van der Waals surface area contributed by atoms with Crippen LogP contribution in [0.25, 0.3) is 0 Å². The Morgan fingerprint density at radius 2 is 2.04 bits per heavy atom. The van der Waals surface area contributed by atoms with Crippen molar-refractivity contribution in [3.8, 4) is 0 Å². The maximum atomic E-state index is 13.1. The van der Waals surface area contributed by atoms with Gasteiger partial charge in [0.2, 0.25) is 0 Å². The van der Waals surface area contributed by atoms with E-state index in [4.69, 9.17) is 9.47 Å². The van der Waals surface area contributed by atoms with Gasteiger partial charge in [-0.2, -0.15) is 13.2 Å². The highest BCUT2D eigenvalue weighted by atomic mass is 19.4. The molecule has 0 saturated carbocycles. The molecule has 2 heterocycles. The van der Waals surface area contributed by atoms with Gasteiger partial charge >= 0.3 is 6.18 Å². The Bertz CT molecular complexity index is 669. The van der Waals surface area contributed by atoms with Crippen molar-refractivity contribution >= 4 is 17.3 Å². The van der Waals surface area contributed by atoms with E-state index in [1.54, 1.807) is 6.92 Å². The van der Waals surface area contributed by atoms with Crippen LogP contribution in [0, 0.1) is 0 Å². The van der Waals surface area contributed by atoms with E-state index in [9.17, 15) is 18.0 Å². The maximum Gasteiger partial charge on any atom is 0.416 e. The van der Waals surface area contributed by atoms with E-state index in [1.165, 1.54) is 6.07 Å². The molecule has 2 saturated heterocycles. The molecule has 1 amide bonds. The fraction of sp³-hybridized carbons (Fsp3) is 0.650. The first-order chi connectivity index (χ1) is 13.3. The lowest BCUT2D eigenvalue weighted by atomic mass is 10.1. The van der Waals surface area contributed by atoms with Crippen LogP contribution in [0.2, 0.25) is 0 Å². The van der Waals surface area contributed by atoms with Gasteiger partial charge in [0, 0.05) is 19.7 Å². The lowest BCUT2D eigenvalue weighted by molar-refractivity contribution is -0.137. The topological polar surface area (TPSA) is 50.8 Å². The Balaban J connectivity index is 1.68. The molecule has 8 heteroatoms. The molecule has 0 spiro atoms. The number of halogens is 3. The van der Waals surface area contributed by atoms with Gasteiger partial charge in [0.15, 0.2) is 0 Å². The van der Waals surface area contributed by atoms with E-state index in [0.717, 1.165) is 57.3 Å². The zero-order valence-corrected chi connectivity index (χ0v) is 16.1. The van der Waals surface area contributed by atoms with Gasteiger partial charge in [0.1, 0.15) is 6.10 Å². The third kappa shape index (κ3) is 5.38. The van der Waals surface area contributed by atoms with Crippen LogP contribution < -0.4 is 10.2 Å². The lowest BCUT2D eigenvalue weighted by Gasteiger charge is -2.25. The monoisotopic (exact) mass is 400 g/mol. The zero-order chi connectivity index (χ0) is 20.1. The molecule has 2 fully saturated rings. The average Bonchev–Trinajstić information content (AvgIpc) is 3.20. The van der Waals surface area contributed by atoms with E-state index in [0.29, 0.717) is 18.9 Å². The van der Waals surface area contributed by atoms with Gasteiger partial charge in [-0.3, -0.25) is 4.79 Å². The van der Waals surface area contributed by atoms with Crippen LogP contribution in [-0.2, 0) is 20.4 Å². The van der Waals surface area contributed by atoms with E-state index >= 15 is 0 Å². The Kier molecular flexibility index (Phi) is 6.82. The molecule has 1 N–H and O–H groups in total. The smallest absolute Gasteiger partial charge is 0.376 e. The number of hydrogen-bond donors (Lipinski definition) is 1.